The number of halogens is 1. The molecule has 0 aliphatic rings. The fourth-order valence-corrected chi connectivity index (χ4v) is 1.90. The van der Waals surface area contributed by atoms with E-state index >= 15 is 0 Å². The fraction of sp³-hybridized carbons (Fsp3) is 0. The van der Waals surface area contributed by atoms with Crippen molar-refractivity contribution < 1.29 is 14.3 Å². The molecule has 1 N–H and O–H groups in total. The van der Waals surface area contributed by atoms with E-state index in [0.29, 0.717) is 10.6 Å². The van der Waals surface area contributed by atoms with E-state index in [4.69, 9.17) is 5.11 Å². The van der Waals surface area contributed by atoms with Gasteiger partial charge in [-0.25, -0.2) is 14.2 Å². The first-order valence-electron chi connectivity index (χ1n) is 4.11. The molecule has 0 fully saturated rings. The summed E-state index contributed by atoms with van der Waals surface area (Å²) < 4.78 is 12.6. The number of carboxylic acids is 1. The predicted molar refractivity (Wildman–Crippen MR) is 54.5 cm³/mol. The lowest BCUT2D eigenvalue weighted by molar-refractivity contribution is 0.0691. The van der Waals surface area contributed by atoms with Crippen molar-refractivity contribution in [3.05, 3.63) is 41.2 Å². The van der Waals surface area contributed by atoms with Crippen molar-refractivity contribution in [1.82, 2.24) is 4.98 Å². The summed E-state index contributed by atoms with van der Waals surface area (Å²) in [6, 6.07) is 5.77. The highest BCUT2D eigenvalue weighted by molar-refractivity contribution is 7.13. The zero-order valence-electron chi connectivity index (χ0n) is 7.48. The fourth-order valence-electron chi connectivity index (χ4n) is 1.10. The van der Waals surface area contributed by atoms with E-state index in [2.05, 4.69) is 4.98 Å². The second-order valence-electron chi connectivity index (χ2n) is 2.85. The minimum atomic E-state index is -1.06. The SMILES string of the molecule is O=C(O)c1csc(-c2ccc(F)cc2)n1. The number of benzene rings is 1. The Kier molecular flexibility index (Phi) is 2.47. The molecule has 3 nitrogen and oxygen atoms in total. The van der Waals surface area contributed by atoms with Crippen LogP contribution in [-0.4, -0.2) is 16.1 Å². The van der Waals surface area contributed by atoms with Gasteiger partial charge in [-0.3, -0.25) is 0 Å². The van der Waals surface area contributed by atoms with Crippen LogP contribution in [0.5, 0.6) is 0 Å². The number of nitrogens with zero attached hydrogens (tertiary/aromatic N) is 1. The number of hydrogen-bond donors (Lipinski definition) is 1. The van der Waals surface area contributed by atoms with Crippen LogP contribution in [-0.2, 0) is 0 Å². The van der Waals surface area contributed by atoms with Gasteiger partial charge in [0.25, 0.3) is 0 Å². The molecule has 0 amide bonds. The van der Waals surface area contributed by atoms with E-state index in [1.807, 2.05) is 0 Å². The maximum atomic E-state index is 12.6. The third kappa shape index (κ3) is 2.02. The van der Waals surface area contributed by atoms with Crippen molar-refractivity contribution in [1.29, 1.82) is 0 Å². The average molecular weight is 223 g/mol. The summed E-state index contributed by atoms with van der Waals surface area (Å²) in [6.45, 7) is 0. The highest BCUT2D eigenvalue weighted by Crippen LogP contribution is 2.23. The molecular formula is C10H6FNO2S. The number of hydrogen-bond acceptors (Lipinski definition) is 3. The summed E-state index contributed by atoms with van der Waals surface area (Å²) in [6.07, 6.45) is 0. The van der Waals surface area contributed by atoms with Gasteiger partial charge in [-0.15, -0.1) is 11.3 Å². The van der Waals surface area contributed by atoms with Crippen LogP contribution in [0.15, 0.2) is 29.6 Å². The largest absolute Gasteiger partial charge is 0.476 e. The van der Waals surface area contributed by atoms with Crippen LogP contribution in [0.2, 0.25) is 0 Å². The Labute approximate surface area is 88.8 Å². The van der Waals surface area contributed by atoms with Crippen LogP contribution >= 0.6 is 11.3 Å². The second kappa shape index (κ2) is 3.78. The maximum absolute atomic E-state index is 12.6. The number of carbonyl (C=O) groups is 1. The van der Waals surface area contributed by atoms with Crippen molar-refractivity contribution in [3.63, 3.8) is 0 Å². The van der Waals surface area contributed by atoms with Gasteiger partial charge >= 0.3 is 5.97 Å². The smallest absolute Gasteiger partial charge is 0.355 e. The zero-order chi connectivity index (χ0) is 10.8. The Morgan fingerprint density at radius 1 is 1.33 bits per heavy atom. The lowest BCUT2D eigenvalue weighted by Gasteiger charge is -1.94. The number of thiazole rings is 1. The van der Waals surface area contributed by atoms with Crippen molar-refractivity contribution >= 4 is 17.3 Å². The van der Waals surface area contributed by atoms with Crippen LogP contribution in [0.3, 0.4) is 0 Å². The van der Waals surface area contributed by atoms with E-state index in [1.54, 1.807) is 12.1 Å². The highest BCUT2D eigenvalue weighted by Gasteiger charge is 2.09. The molecule has 2 aromatic rings. The summed E-state index contributed by atoms with van der Waals surface area (Å²) in [5, 5.41) is 10.7. The van der Waals surface area contributed by atoms with Gasteiger partial charge in [0.1, 0.15) is 10.8 Å². The quantitative estimate of drug-likeness (QED) is 0.851. The van der Waals surface area contributed by atoms with E-state index in [1.165, 1.54) is 28.8 Å². The van der Waals surface area contributed by atoms with E-state index in [0.717, 1.165) is 0 Å². The predicted octanol–water partition coefficient (Wildman–Crippen LogP) is 2.65. The van der Waals surface area contributed by atoms with Crippen molar-refractivity contribution in [2.75, 3.05) is 0 Å². The minimum absolute atomic E-state index is 0.0133. The third-order valence-corrected chi connectivity index (χ3v) is 2.71. The topological polar surface area (TPSA) is 50.2 Å². The highest BCUT2D eigenvalue weighted by atomic mass is 32.1. The van der Waals surface area contributed by atoms with Gasteiger partial charge in [0.15, 0.2) is 5.69 Å². The van der Waals surface area contributed by atoms with Crippen LogP contribution in [0.25, 0.3) is 10.6 Å². The van der Waals surface area contributed by atoms with Gasteiger partial charge < -0.3 is 5.11 Å². The van der Waals surface area contributed by atoms with Gasteiger partial charge in [0.05, 0.1) is 0 Å². The molecule has 0 saturated heterocycles. The molecular weight excluding hydrogens is 217 g/mol. The van der Waals surface area contributed by atoms with Crippen LogP contribution < -0.4 is 0 Å². The molecule has 1 aromatic carbocycles. The van der Waals surface area contributed by atoms with E-state index in [-0.39, 0.29) is 11.5 Å². The summed E-state index contributed by atoms with van der Waals surface area (Å²) in [5.41, 5.74) is 0.730. The zero-order valence-corrected chi connectivity index (χ0v) is 8.29. The van der Waals surface area contributed by atoms with E-state index < -0.39 is 5.97 Å². The molecule has 0 aliphatic heterocycles. The van der Waals surface area contributed by atoms with Crippen molar-refractivity contribution in [2.24, 2.45) is 0 Å². The van der Waals surface area contributed by atoms with Crippen LogP contribution in [0, 0.1) is 5.82 Å². The van der Waals surface area contributed by atoms with Crippen molar-refractivity contribution in [2.45, 2.75) is 0 Å². The van der Waals surface area contributed by atoms with Gasteiger partial charge in [0, 0.05) is 10.9 Å². The molecule has 0 saturated carbocycles. The Morgan fingerprint density at radius 3 is 2.53 bits per heavy atom. The number of aromatic nitrogens is 1. The molecule has 0 atom stereocenters. The molecule has 5 heteroatoms. The van der Waals surface area contributed by atoms with Crippen molar-refractivity contribution in [3.8, 4) is 10.6 Å². The molecule has 1 heterocycles. The van der Waals surface area contributed by atoms with Gasteiger partial charge in [-0.1, -0.05) is 0 Å². The van der Waals surface area contributed by atoms with Crippen LogP contribution in [0.4, 0.5) is 4.39 Å². The average Bonchev–Trinajstić information content (AvgIpc) is 2.68. The molecule has 0 bridgehead atoms. The molecule has 0 aliphatic carbocycles. The number of rotatable bonds is 2. The van der Waals surface area contributed by atoms with Gasteiger partial charge in [0.2, 0.25) is 0 Å². The van der Waals surface area contributed by atoms with E-state index in [9.17, 15) is 9.18 Å². The summed E-state index contributed by atoms with van der Waals surface area (Å²) in [5.74, 6) is -1.38. The first kappa shape index (κ1) is 9.79. The Bertz CT molecular complexity index is 492. The standard InChI is InChI=1S/C10H6FNO2S/c11-7-3-1-6(2-4-7)9-12-8(5-15-9)10(13)14/h1-5H,(H,13,14). The second-order valence-corrected chi connectivity index (χ2v) is 3.71. The third-order valence-electron chi connectivity index (χ3n) is 1.81. The molecule has 15 heavy (non-hydrogen) atoms. The Hall–Kier alpha value is -1.75. The summed E-state index contributed by atoms with van der Waals surface area (Å²) >= 11 is 1.22. The number of carboxylic acid groups (broad SMARTS) is 1. The van der Waals surface area contributed by atoms with Gasteiger partial charge in [-0.2, -0.15) is 0 Å². The van der Waals surface area contributed by atoms with Crippen LogP contribution in [0.1, 0.15) is 10.5 Å². The first-order valence-corrected chi connectivity index (χ1v) is 4.99. The summed E-state index contributed by atoms with van der Waals surface area (Å²) in [7, 11) is 0. The summed E-state index contributed by atoms with van der Waals surface area (Å²) in [4.78, 5) is 14.5. The molecule has 0 unspecified atom stereocenters. The first-order chi connectivity index (χ1) is 7.16. The lowest BCUT2D eigenvalue weighted by Crippen LogP contribution is -1.95. The molecule has 0 spiro atoms. The molecule has 1 aromatic heterocycles. The Balaban J connectivity index is 2.37. The lowest BCUT2D eigenvalue weighted by atomic mass is 10.2. The molecule has 76 valence electrons. The minimum Gasteiger partial charge on any atom is -0.476 e. The normalized spacial score (nSPS) is 10.2. The molecule has 0 radical (unpaired) electrons. The molecule has 2 rings (SSSR count). The monoisotopic (exact) mass is 223 g/mol. The maximum Gasteiger partial charge on any atom is 0.355 e. The number of aromatic carboxylic acids is 1. The Morgan fingerprint density at radius 2 is 2.00 bits per heavy atom. The van der Waals surface area contributed by atoms with Gasteiger partial charge in [-0.05, 0) is 24.3 Å².